The van der Waals surface area contributed by atoms with Crippen molar-refractivity contribution in [1.29, 1.82) is 0 Å². The van der Waals surface area contributed by atoms with E-state index in [1.165, 1.54) is 0 Å². The number of aryl methyl sites for hydroxylation is 2. The van der Waals surface area contributed by atoms with Crippen LogP contribution in [0.5, 0.6) is 0 Å². The zero-order valence-electron chi connectivity index (χ0n) is 16.2. The van der Waals surface area contributed by atoms with Crippen molar-refractivity contribution in [1.82, 2.24) is 0 Å². The number of ether oxygens (including phenoxy) is 1. The second-order valence-corrected chi connectivity index (χ2v) is 9.54. The summed E-state index contributed by atoms with van der Waals surface area (Å²) in [6, 6.07) is 14.3. The maximum Gasteiger partial charge on any atom is 0.306 e. The maximum atomic E-state index is 13.9. The van der Waals surface area contributed by atoms with Crippen LogP contribution in [0.25, 0.3) is 0 Å². The first kappa shape index (κ1) is 21.1. The third-order valence-corrected chi connectivity index (χ3v) is 7.45. The summed E-state index contributed by atoms with van der Waals surface area (Å²) in [4.78, 5) is 25.4. The van der Waals surface area contributed by atoms with E-state index in [4.69, 9.17) is 4.74 Å². The zero-order chi connectivity index (χ0) is 19.9. The molecule has 0 amide bonds. The molecular weight excluding hydrogens is 359 g/mol. The van der Waals surface area contributed by atoms with E-state index in [1.54, 1.807) is 24.3 Å². The minimum atomic E-state index is -3.47. The molecule has 2 rings (SSSR count). The monoisotopic (exact) mass is 386 g/mol. The molecule has 27 heavy (non-hydrogen) atoms. The van der Waals surface area contributed by atoms with Gasteiger partial charge in [0.25, 0.3) is 0 Å². The van der Waals surface area contributed by atoms with Gasteiger partial charge in [-0.2, -0.15) is 0 Å². The number of carbonyl (C=O) groups excluding carboxylic acids is 2. The van der Waals surface area contributed by atoms with Crippen molar-refractivity contribution in [2.24, 2.45) is 0 Å². The summed E-state index contributed by atoms with van der Waals surface area (Å²) in [5, 5.41) is 0.485. The lowest BCUT2D eigenvalue weighted by atomic mass is 10.0. The van der Waals surface area contributed by atoms with Gasteiger partial charge in [-0.25, -0.2) is 0 Å². The van der Waals surface area contributed by atoms with Crippen LogP contribution in [0.4, 0.5) is 0 Å². The summed E-state index contributed by atoms with van der Waals surface area (Å²) >= 11 is 0. The Morgan fingerprint density at radius 1 is 0.963 bits per heavy atom. The highest BCUT2D eigenvalue weighted by atomic mass is 31.2. The Morgan fingerprint density at radius 3 is 2.19 bits per heavy atom. The molecule has 144 valence electrons. The van der Waals surface area contributed by atoms with E-state index < -0.39 is 13.1 Å². The van der Waals surface area contributed by atoms with Crippen LogP contribution in [0, 0.1) is 13.8 Å². The quantitative estimate of drug-likeness (QED) is 0.351. The van der Waals surface area contributed by atoms with E-state index >= 15 is 0 Å². The Bertz CT molecular complexity index is 822. The van der Waals surface area contributed by atoms with Crippen molar-refractivity contribution in [2.45, 2.75) is 40.0 Å². The fourth-order valence-electron chi connectivity index (χ4n) is 3.00. The molecule has 0 radical (unpaired) electrons. The molecule has 0 heterocycles. The Morgan fingerprint density at radius 2 is 1.59 bits per heavy atom. The Labute approximate surface area is 161 Å². The second-order valence-electron chi connectivity index (χ2n) is 6.69. The van der Waals surface area contributed by atoms with Crippen molar-refractivity contribution in [3.63, 3.8) is 0 Å². The molecule has 0 spiro atoms. The third kappa shape index (κ3) is 5.17. The van der Waals surface area contributed by atoms with Gasteiger partial charge in [-0.15, -0.1) is 0 Å². The molecule has 0 saturated carbocycles. The molecule has 1 atom stereocenters. The van der Waals surface area contributed by atoms with E-state index in [0.717, 1.165) is 24.0 Å². The Kier molecular flexibility index (Phi) is 7.55. The van der Waals surface area contributed by atoms with E-state index in [1.807, 2.05) is 45.0 Å². The van der Waals surface area contributed by atoms with Crippen LogP contribution in [0.2, 0.25) is 0 Å². The van der Waals surface area contributed by atoms with Gasteiger partial charge in [0.2, 0.25) is 5.52 Å². The predicted molar refractivity (Wildman–Crippen MR) is 109 cm³/mol. The Hall–Kier alpha value is -2.19. The largest absolute Gasteiger partial charge is 0.466 e. The molecule has 2 aromatic carbocycles. The number of rotatable bonds is 9. The summed E-state index contributed by atoms with van der Waals surface area (Å²) in [7, 11) is -3.47. The molecule has 5 heteroatoms. The fourth-order valence-corrected chi connectivity index (χ4v) is 5.56. The first-order valence-corrected chi connectivity index (χ1v) is 11.2. The van der Waals surface area contributed by atoms with Gasteiger partial charge in [0, 0.05) is 17.0 Å². The zero-order valence-corrected chi connectivity index (χ0v) is 17.1. The van der Waals surface area contributed by atoms with E-state index in [0.29, 0.717) is 17.5 Å². The van der Waals surface area contributed by atoms with Crippen molar-refractivity contribution >= 4 is 23.9 Å². The van der Waals surface area contributed by atoms with Gasteiger partial charge in [-0.1, -0.05) is 61.9 Å². The van der Waals surface area contributed by atoms with Crippen LogP contribution in [-0.2, 0) is 14.1 Å². The standard InChI is InChI=1S/C22H27O4P/c1-4-5-15-26-20(23)14-16-27(25,19-12-7-6-8-13-19)22(24)21-17(2)10-9-11-18(21)3/h6-13H,4-5,14-16H2,1-3H3. The topological polar surface area (TPSA) is 60.4 Å². The van der Waals surface area contributed by atoms with Crippen molar-refractivity contribution < 1.29 is 18.9 Å². The van der Waals surface area contributed by atoms with Gasteiger partial charge in [0.15, 0.2) is 7.14 Å². The summed E-state index contributed by atoms with van der Waals surface area (Å²) in [5.74, 6) is -0.408. The lowest BCUT2D eigenvalue weighted by Crippen LogP contribution is -2.20. The molecule has 1 unspecified atom stereocenters. The highest BCUT2D eigenvalue weighted by Gasteiger charge is 2.36. The first-order valence-electron chi connectivity index (χ1n) is 9.31. The van der Waals surface area contributed by atoms with Crippen LogP contribution in [0.3, 0.4) is 0 Å². The van der Waals surface area contributed by atoms with E-state index in [-0.39, 0.29) is 18.1 Å². The average Bonchev–Trinajstić information content (AvgIpc) is 2.66. The first-order chi connectivity index (χ1) is 12.9. The van der Waals surface area contributed by atoms with Crippen molar-refractivity contribution in [2.75, 3.05) is 12.8 Å². The maximum absolute atomic E-state index is 13.9. The second kappa shape index (κ2) is 9.66. The number of esters is 1. The summed E-state index contributed by atoms with van der Waals surface area (Å²) < 4.78 is 19.1. The molecule has 0 saturated heterocycles. The molecule has 0 aliphatic carbocycles. The van der Waals surface area contributed by atoms with Crippen molar-refractivity contribution in [3.8, 4) is 0 Å². The minimum Gasteiger partial charge on any atom is -0.466 e. The SMILES string of the molecule is CCCCOC(=O)CCP(=O)(C(=O)c1c(C)cccc1C)c1ccccc1. The molecular formula is C22H27O4P. The van der Waals surface area contributed by atoms with Gasteiger partial charge >= 0.3 is 5.97 Å². The summed E-state index contributed by atoms with van der Waals surface area (Å²) in [6.07, 6.45) is 1.67. The molecule has 0 bridgehead atoms. The number of benzene rings is 2. The van der Waals surface area contributed by atoms with Crippen LogP contribution >= 0.6 is 7.14 Å². The summed E-state index contributed by atoms with van der Waals surface area (Å²) in [6.45, 7) is 6.06. The van der Waals surface area contributed by atoms with Crippen LogP contribution in [-0.4, -0.2) is 24.3 Å². The highest BCUT2D eigenvalue weighted by molar-refractivity contribution is 7.87. The Balaban J connectivity index is 2.33. The van der Waals surface area contributed by atoms with Crippen LogP contribution in [0.1, 0.15) is 47.7 Å². The molecule has 2 aromatic rings. The third-order valence-electron chi connectivity index (χ3n) is 4.59. The van der Waals surface area contributed by atoms with Gasteiger partial charge < -0.3 is 9.30 Å². The van der Waals surface area contributed by atoms with Crippen molar-refractivity contribution in [3.05, 3.63) is 65.2 Å². The highest BCUT2D eigenvalue weighted by Crippen LogP contribution is 2.49. The minimum absolute atomic E-state index is 0.0193. The number of carbonyl (C=O) groups is 2. The molecule has 0 fully saturated rings. The fraction of sp³-hybridized carbons (Fsp3) is 0.364. The molecule has 0 aliphatic rings. The average molecular weight is 386 g/mol. The molecule has 0 aromatic heterocycles. The van der Waals surface area contributed by atoms with E-state index in [2.05, 4.69) is 0 Å². The van der Waals surface area contributed by atoms with Gasteiger partial charge in [-0.05, 0) is 31.4 Å². The van der Waals surface area contributed by atoms with E-state index in [9.17, 15) is 14.2 Å². The lowest BCUT2D eigenvalue weighted by Gasteiger charge is -2.19. The van der Waals surface area contributed by atoms with Crippen LogP contribution < -0.4 is 5.30 Å². The van der Waals surface area contributed by atoms with Gasteiger partial charge in [0.1, 0.15) is 0 Å². The summed E-state index contributed by atoms with van der Waals surface area (Å²) in [5.41, 5.74) is 1.69. The van der Waals surface area contributed by atoms with Crippen LogP contribution in [0.15, 0.2) is 48.5 Å². The predicted octanol–water partition coefficient (Wildman–Crippen LogP) is 4.87. The van der Waals surface area contributed by atoms with Gasteiger partial charge in [0.05, 0.1) is 13.0 Å². The molecule has 0 N–H and O–H groups in total. The number of hydrogen-bond acceptors (Lipinski definition) is 4. The lowest BCUT2D eigenvalue weighted by molar-refractivity contribution is -0.143. The molecule has 0 aliphatic heterocycles. The van der Waals surface area contributed by atoms with Gasteiger partial charge in [-0.3, -0.25) is 9.59 Å². The number of unbranched alkanes of at least 4 members (excludes halogenated alkanes) is 1. The smallest absolute Gasteiger partial charge is 0.306 e. The normalized spacial score (nSPS) is 13.0. The molecule has 4 nitrogen and oxygen atoms in total. The number of hydrogen-bond donors (Lipinski definition) is 0.